The Balaban J connectivity index is 5.00. The normalized spacial score (nSPS) is 15.7. The van der Waals surface area contributed by atoms with E-state index in [1.165, 1.54) is 5.57 Å². The molecule has 0 spiro atoms. The molecule has 0 unspecified atom stereocenters. The summed E-state index contributed by atoms with van der Waals surface area (Å²) >= 11 is 0. The number of hydrogen-bond acceptors (Lipinski definition) is 1. The van der Waals surface area contributed by atoms with Gasteiger partial charge in [-0.2, -0.15) is 0 Å². The first-order valence-electron chi connectivity index (χ1n) is 4.86. The first kappa shape index (κ1) is 12.3. The van der Waals surface area contributed by atoms with Crippen LogP contribution in [-0.4, -0.2) is 5.11 Å². The highest BCUT2D eigenvalue weighted by molar-refractivity contribution is 5.29. The molecule has 0 aliphatic carbocycles. The van der Waals surface area contributed by atoms with E-state index in [2.05, 4.69) is 40.7 Å². The lowest BCUT2D eigenvalue weighted by Gasteiger charge is -2.21. The summed E-state index contributed by atoms with van der Waals surface area (Å²) in [5, 5.41) is 9.53. The van der Waals surface area contributed by atoms with Gasteiger partial charge in [0.25, 0.3) is 0 Å². The van der Waals surface area contributed by atoms with Crippen LogP contribution in [0.1, 0.15) is 48.0 Å². The molecule has 0 aromatic heterocycles. The standard InChI is InChI=1S/C12H22O/c1-7-9(2)8-11(10(3)13)12(4,5)6/h8,13H,7H2,1-6H3/b9-8+,11-10-. The van der Waals surface area contributed by atoms with E-state index in [0.717, 1.165) is 12.0 Å². The molecule has 0 fully saturated rings. The van der Waals surface area contributed by atoms with Crippen LogP contribution in [0.15, 0.2) is 23.0 Å². The molecule has 0 saturated heterocycles. The van der Waals surface area contributed by atoms with Gasteiger partial charge in [0.2, 0.25) is 0 Å². The Bertz CT molecular complexity index is 222. The molecule has 1 nitrogen and oxygen atoms in total. The molecule has 0 radical (unpaired) electrons. The van der Waals surface area contributed by atoms with Crippen LogP contribution in [0.4, 0.5) is 0 Å². The maximum Gasteiger partial charge on any atom is 0.0928 e. The van der Waals surface area contributed by atoms with Crippen molar-refractivity contribution in [3.05, 3.63) is 23.0 Å². The van der Waals surface area contributed by atoms with E-state index in [1.54, 1.807) is 6.92 Å². The van der Waals surface area contributed by atoms with E-state index >= 15 is 0 Å². The van der Waals surface area contributed by atoms with Crippen LogP contribution in [-0.2, 0) is 0 Å². The Hall–Kier alpha value is -0.720. The van der Waals surface area contributed by atoms with Crippen LogP contribution in [0.25, 0.3) is 0 Å². The molecule has 0 heterocycles. The number of aliphatic hydroxyl groups is 1. The summed E-state index contributed by atoms with van der Waals surface area (Å²) in [6.45, 7) is 12.3. The van der Waals surface area contributed by atoms with Crippen molar-refractivity contribution in [1.29, 1.82) is 0 Å². The van der Waals surface area contributed by atoms with Gasteiger partial charge in [0, 0.05) is 0 Å². The molecule has 0 aliphatic rings. The average molecular weight is 182 g/mol. The maximum atomic E-state index is 9.53. The first-order valence-corrected chi connectivity index (χ1v) is 4.86. The van der Waals surface area contributed by atoms with Crippen LogP contribution in [0.5, 0.6) is 0 Å². The van der Waals surface area contributed by atoms with Gasteiger partial charge < -0.3 is 5.11 Å². The summed E-state index contributed by atoms with van der Waals surface area (Å²) in [6.07, 6.45) is 3.13. The Kier molecular flexibility index (Phi) is 4.25. The van der Waals surface area contributed by atoms with Gasteiger partial charge in [0.15, 0.2) is 0 Å². The fraction of sp³-hybridized carbons (Fsp3) is 0.667. The summed E-state index contributed by atoms with van der Waals surface area (Å²) < 4.78 is 0. The minimum Gasteiger partial charge on any atom is -0.512 e. The molecular formula is C12H22O. The third kappa shape index (κ3) is 4.16. The van der Waals surface area contributed by atoms with E-state index in [-0.39, 0.29) is 5.41 Å². The molecule has 1 N–H and O–H groups in total. The fourth-order valence-electron chi connectivity index (χ4n) is 1.21. The molecule has 0 aromatic rings. The predicted molar refractivity (Wildman–Crippen MR) is 58.8 cm³/mol. The zero-order valence-corrected chi connectivity index (χ0v) is 9.73. The molecule has 0 amide bonds. The quantitative estimate of drug-likeness (QED) is 0.500. The van der Waals surface area contributed by atoms with E-state index in [4.69, 9.17) is 0 Å². The van der Waals surface area contributed by atoms with Crippen LogP contribution in [0.3, 0.4) is 0 Å². The van der Waals surface area contributed by atoms with Gasteiger partial charge in [-0.25, -0.2) is 0 Å². The van der Waals surface area contributed by atoms with Crippen molar-refractivity contribution in [3.8, 4) is 0 Å². The van der Waals surface area contributed by atoms with Gasteiger partial charge in [-0.15, -0.1) is 0 Å². The van der Waals surface area contributed by atoms with Gasteiger partial charge in [0.05, 0.1) is 5.76 Å². The van der Waals surface area contributed by atoms with Crippen LogP contribution < -0.4 is 0 Å². The summed E-state index contributed by atoms with van der Waals surface area (Å²) in [4.78, 5) is 0. The summed E-state index contributed by atoms with van der Waals surface area (Å²) in [5.74, 6) is 0.431. The van der Waals surface area contributed by atoms with E-state index in [9.17, 15) is 5.11 Å². The zero-order valence-electron chi connectivity index (χ0n) is 9.73. The second kappa shape index (κ2) is 4.50. The summed E-state index contributed by atoms with van der Waals surface area (Å²) in [7, 11) is 0. The number of rotatable bonds is 2. The average Bonchev–Trinajstić information content (AvgIpc) is 1.96. The fourth-order valence-corrected chi connectivity index (χ4v) is 1.21. The topological polar surface area (TPSA) is 20.2 Å². The minimum absolute atomic E-state index is 0.0231. The molecule has 1 heteroatoms. The second-order valence-electron chi connectivity index (χ2n) is 4.59. The molecule has 0 atom stereocenters. The van der Waals surface area contributed by atoms with Crippen molar-refractivity contribution in [2.24, 2.45) is 5.41 Å². The first-order chi connectivity index (χ1) is 5.79. The van der Waals surface area contributed by atoms with Gasteiger partial charge in [-0.05, 0) is 31.3 Å². The van der Waals surface area contributed by atoms with Crippen LogP contribution in [0, 0.1) is 5.41 Å². The lowest BCUT2D eigenvalue weighted by atomic mass is 9.84. The van der Waals surface area contributed by atoms with E-state index in [0.29, 0.717) is 5.76 Å². The molecular weight excluding hydrogens is 160 g/mol. The van der Waals surface area contributed by atoms with Crippen molar-refractivity contribution in [1.82, 2.24) is 0 Å². The minimum atomic E-state index is 0.0231. The molecule has 0 rings (SSSR count). The monoisotopic (exact) mass is 182 g/mol. The van der Waals surface area contributed by atoms with Crippen molar-refractivity contribution < 1.29 is 5.11 Å². The van der Waals surface area contributed by atoms with Crippen LogP contribution in [0.2, 0.25) is 0 Å². The molecule has 13 heavy (non-hydrogen) atoms. The van der Waals surface area contributed by atoms with Gasteiger partial charge in [0.1, 0.15) is 0 Å². The molecule has 0 aliphatic heterocycles. The summed E-state index contributed by atoms with van der Waals surface area (Å²) in [5.41, 5.74) is 2.36. The predicted octanol–water partition coefficient (Wildman–Crippen LogP) is 4.22. The van der Waals surface area contributed by atoms with Crippen molar-refractivity contribution in [3.63, 3.8) is 0 Å². The second-order valence-corrected chi connectivity index (χ2v) is 4.59. The van der Waals surface area contributed by atoms with E-state index in [1.807, 2.05) is 0 Å². The highest BCUT2D eigenvalue weighted by atomic mass is 16.3. The third-order valence-corrected chi connectivity index (χ3v) is 2.15. The van der Waals surface area contributed by atoms with Gasteiger partial charge in [-0.1, -0.05) is 39.3 Å². The van der Waals surface area contributed by atoms with Crippen molar-refractivity contribution in [2.45, 2.75) is 48.0 Å². The molecule has 0 saturated carbocycles. The number of hydrogen-bond donors (Lipinski definition) is 1. The van der Waals surface area contributed by atoms with Gasteiger partial charge >= 0.3 is 0 Å². The Morgan fingerprint density at radius 1 is 1.23 bits per heavy atom. The number of allylic oxidation sites excluding steroid dienone is 4. The molecule has 0 aromatic carbocycles. The Labute approximate surface area is 82.2 Å². The lowest BCUT2D eigenvalue weighted by molar-refractivity contribution is 0.381. The smallest absolute Gasteiger partial charge is 0.0928 e. The molecule has 76 valence electrons. The maximum absolute atomic E-state index is 9.53. The summed E-state index contributed by atoms with van der Waals surface area (Å²) in [6, 6.07) is 0. The van der Waals surface area contributed by atoms with Crippen molar-refractivity contribution >= 4 is 0 Å². The Morgan fingerprint density at radius 3 is 1.92 bits per heavy atom. The molecule has 0 bridgehead atoms. The zero-order chi connectivity index (χ0) is 10.6. The number of aliphatic hydroxyl groups excluding tert-OH is 1. The highest BCUT2D eigenvalue weighted by Crippen LogP contribution is 2.29. The van der Waals surface area contributed by atoms with Gasteiger partial charge in [-0.3, -0.25) is 0 Å². The largest absolute Gasteiger partial charge is 0.512 e. The SMILES string of the molecule is CC/C(C)=C/C(=C(\C)O)C(C)(C)C. The highest BCUT2D eigenvalue weighted by Gasteiger charge is 2.17. The lowest BCUT2D eigenvalue weighted by Crippen LogP contribution is -2.10. The van der Waals surface area contributed by atoms with E-state index < -0.39 is 0 Å². The van der Waals surface area contributed by atoms with Crippen molar-refractivity contribution in [2.75, 3.05) is 0 Å². The Morgan fingerprint density at radius 2 is 1.69 bits per heavy atom. The van der Waals surface area contributed by atoms with Crippen LogP contribution >= 0.6 is 0 Å². The third-order valence-electron chi connectivity index (χ3n) is 2.15.